The number of benzene rings is 1. The molecule has 1 aliphatic heterocycles. The fourth-order valence-corrected chi connectivity index (χ4v) is 4.92. The van der Waals surface area contributed by atoms with Crippen molar-refractivity contribution in [2.24, 2.45) is 5.92 Å². The molecule has 0 saturated carbocycles. The topological polar surface area (TPSA) is 72.1 Å². The van der Waals surface area contributed by atoms with Gasteiger partial charge in [-0.05, 0) is 30.9 Å². The second kappa shape index (κ2) is 8.39. The van der Waals surface area contributed by atoms with Crippen molar-refractivity contribution in [1.29, 1.82) is 0 Å². The van der Waals surface area contributed by atoms with E-state index < -0.39 is 0 Å². The second-order valence-corrected chi connectivity index (χ2v) is 8.95. The van der Waals surface area contributed by atoms with Crippen molar-refractivity contribution >= 4 is 39.2 Å². The van der Waals surface area contributed by atoms with Crippen LogP contribution in [0.5, 0.6) is 0 Å². The van der Waals surface area contributed by atoms with E-state index >= 15 is 0 Å². The molecule has 1 unspecified atom stereocenters. The van der Waals surface area contributed by atoms with Crippen LogP contribution < -0.4 is 0 Å². The SMILES string of the molecule is CC1CCCN(C(=O)CSc2nnc(CCc3nc4ccccc4s3)o2)C1. The molecule has 1 amide bonds. The first-order valence-corrected chi connectivity index (χ1v) is 11.0. The van der Waals surface area contributed by atoms with Gasteiger partial charge in [-0.3, -0.25) is 4.79 Å². The molecule has 1 aromatic carbocycles. The van der Waals surface area contributed by atoms with Crippen molar-refractivity contribution in [2.75, 3.05) is 18.8 Å². The maximum Gasteiger partial charge on any atom is 0.277 e. The number of fused-ring (bicyclic) bond motifs is 1. The summed E-state index contributed by atoms with van der Waals surface area (Å²) < 4.78 is 6.88. The number of carbonyl (C=O) groups excluding carboxylic acids is 1. The lowest BCUT2D eigenvalue weighted by atomic mass is 10.0. The summed E-state index contributed by atoms with van der Waals surface area (Å²) in [6.45, 7) is 3.92. The molecular formula is C19H22N4O2S2. The third kappa shape index (κ3) is 4.68. The van der Waals surface area contributed by atoms with Crippen LogP contribution in [-0.4, -0.2) is 44.8 Å². The van der Waals surface area contributed by atoms with Gasteiger partial charge in [0.25, 0.3) is 5.22 Å². The smallest absolute Gasteiger partial charge is 0.277 e. The average Bonchev–Trinajstić information content (AvgIpc) is 3.30. The molecule has 8 heteroatoms. The minimum atomic E-state index is 0.153. The maximum absolute atomic E-state index is 12.3. The van der Waals surface area contributed by atoms with Gasteiger partial charge in [-0.15, -0.1) is 21.5 Å². The Morgan fingerprint density at radius 1 is 1.33 bits per heavy atom. The van der Waals surface area contributed by atoms with E-state index in [2.05, 4.69) is 28.2 Å². The highest BCUT2D eigenvalue weighted by Crippen LogP contribution is 2.24. The van der Waals surface area contributed by atoms with Crippen LogP contribution >= 0.6 is 23.1 Å². The Morgan fingerprint density at radius 3 is 3.07 bits per heavy atom. The highest BCUT2D eigenvalue weighted by atomic mass is 32.2. The molecule has 6 nitrogen and oxygen atoms in total. The van der Waals surface area contributed by atoms with E-state index in [1.54, 1.807) is 11.3 Å². The zero-order chi connectivity index (χ0) is 18.6. The summed E-state index contributed by atoms with van der Waals surface area (Å²) in [5.41, 5.74) is 1.03. The zero-order valence-electron chi connectivity index (χ0n) is 15.3. The van der Waals surface area contributed by atoms with Gasteiger partial charge in [0.05, 0.1) is 21.0 Å². The first-order valence-electron chi connectivity index (χ1n) is 9.25. The molecule has 1 aliphatic rings. The van der Waals surface area contributed by atoms with Gasteiger partial charge in [-0.25, -0.2) is 4.98 Å². The van der Waals surface area contributed by atoms with Crippen LogP contribution in [0.25, 0.3) is 10.2 Å². The predicted molar refractivity (Wildman–Crippen MR) is 107 cm³/mol. The molecule has 1 atom stereocenters. The molecule has 27 heavy (non-hydrogen) atoms. The number of rotatable bonds is 6. The Hall–Kier alpha value is -1.93. The van der Waals surface area contributed by atoms with E-state index in [0.717, 1.165) is 36.5 Å². The number of amides is 1. The number of thiazole rings is 1. The van der Waals surface area contributed by atoms with Crippen LogP contribution in [-0.2, 0) is 17.6 Å². The molecule has 0 bridgehead atoms. The third-order valence-corrected chi connectivity index (χ3v) is 6.57. The number of para-hydroxylation sites is 1. The number of carbonyl (C=O) groups is 1. The standard InChI is InChI=1S/C19H22N4O2S2/c1-13-5-4-10-23(11-13)18(24)12-26-19-22-21-16(25-19)8-9-17-20-14-6-2-3-7-15(14)27-17/h2-3,6-7,13H,4-5,8-12H2,1H3. The Balaban J connectivity index is 1.27. The summed E-state index contributed by atoms with van der Waals surface area (Å²) in [4.78, 5) is 18.9. The molecule has 142 valence electrons. The molecule has 4 rings (SSSR count). The van der Waals surface area contributed by atoms with Gasteiger partial charge in [0.1, 0.15) is 0 Å². The summed E-state index contributed by atoms with van der Waals surface area (Å²) in [5.74, 6) is 1.69. The molecule has 3 aromatic rings. The minimum Gasteiger partial charge on any atom is -0.416 e. The number of aromatic nitrogens is 3. The zero-order valence-corrected chi connectivity index (χ0v) is 16.9. The predicted octanol–water partition coefficient (Wildman–Crippen LogP) is 3.82. The van der Waals surface area contributed by atoms with Crippen LogP contribution in [0, 0.1) is 5.92 Å². The third-order valence-electron chi connectivity index (χ3n) is 4.67. The van der Waals surface area contributed by atoms with E-state index in [1.165, 1.54) is 22.9 Å². The maximum atomic E-state index is 12.3. The van der Waals surface area contributed by atoms with E-state index in [9.17, 15) is 4.79 Å². The van der Waals surface area contributed by atoms with Gasteiger partial charge in [-0.1, -0.05) is 30.8 Å². The van der Waals surface area contributed by atoms with Crippen molar-refractivity contribution in [2.45, 2.75) is 37.8 Å². The molecular weight excluding hydrogens is 380 g/mol. The fraction of sp³-hybridized carbons (Fsp3) is 0.474. The number of piperidine rings is 1. The van der Waals surface area contributed by atoms with Gasteiger partial charge in [0, 0.05) is 25.9 Å². The molecule has 1 saturated heterocycles. The van der Waals surface area contributed by atoms with Gasteiger partial charge >= 0.3 is 0 Å². The highest BCUT2D eigenvalue weighted by molar-refractivity contribution is 7.99. The average molecular weight is 403 g/mol. The first-order chi connectivity index (χ1) is 13.2. The molecule has 0 N–H and O–H groups in total. The first kappa shape index (κ1) is 18.4. The van der Waals surface area contributed by atoms with Crippen LogP contribution in [0.1, 0.15) is 30.7 Å². The Bertz CT molecular complexity index is 890. The van der Waals surface area contributed by atoms with Crippen molar-refractivity contribution in [3.63, 3.8) is 0 Å². The summed E-state index contributed by atoms with van der Waals surface area (Å²) in [6.07, 6.45) is 3.73. The van der Waals surface area contributed by atoms with E-state index in [0.29, 0.717) is 29.2 Å². The van der Waals surface area contributed by atoms with E-state index in [1.807, 2.05) is 23.1 Å². The van der Waals surface area contributed by atoms with Gasteiger partial charge < -0.3 is 9.32 Å². The monoisotopic (exact) mass is 402 g/mol. The lowest BCUT2D eigenvalue weighted by molar-refractivity contribution is -0.130. The molecule has 3 heterocycles. The normalized spacial score (nSPS) is 17.5. The Labute approximate surface area is 166 Å². The molecule has 0 spiro atoms. The number of thioether (sulfide) groups is 1. The Kier molecular flexibility index (Phi) is 5.73. The number of hydrogen-bond acceptors (Lipinski definition) is 7. The quantitative estimate of drug-likeness (QED) is 0.584. The summed E-state index contributed by atoms with van der Waals surface area (Å²) in [6, 6.07) is 8.13. The number of hydrogen-bond donors (Lipinski definition) is 0. The van der Waals surface area contributed by atoms with Crippen molar-refractivity contribution < 1.29 is 9.21 Å². The lowest BCUT2D eigenvalue weighted by Gasteiger charge is -2.30. The molecule has 0 aliphatic carbocycles. The second-order valence-electron chi connectivity index (χ2n) is 6.91. The van der Waals surface area contributed by atoms with Crippen molar-refractivity contribution in [3.05, 3.63) is 35.2 Å². The highest BCUT2D eigenvalue weighted by Gasteiger charge is 2.21. The summed E-state index contributed by atoms with van der Waals surface area (Å²) in [7, 11) is 0. The van der Waals surface area contributed by atoms with Crippen LogP contribution in [0.3, 0.4) is 0 Å². The van der Waals surface area contributed by atoms with E-state index in [4.69, 9.17) is 4.42 Å². The summed E-state index contributed by atoms with van der Waals surface area (Å²) in [5, 5.41) is 9.70. The van der Waals surface area contributed by atoms with Crippen LogP contribution in [0.4, 0.5) is 0 Å². The molecule has 1 fully saturated rings. The number of aryl methyl sites for hydroxylation is 2. The van der Waals surface area contributed by atoms with Crippen LogP contribution in [0.2, 0.25) is 0 Å². The number of nitrogens with zero attached hydrogens (tertiary/aromatic N) is 4. The summed E-state index contributed by atoms with van der Waals surface area (Å²) >= 11 is 3.02. The van der Waals surface area contributed by atoms with E-state index in [-0.39, 0.29) is 5.91 Å². The fourth-order valence-electron chi connectivity index (χ4n) is 3.27. The van der Waals surface area contributed by atoms with Crippen molar-refractivity contribution in [1.82, 2.24) is 20.1 Å². The molecule has 2 aromatic heterocycles. The largest absolute Gasteiger partial charge is 0.416 e. The van der Waals surface area contributed by atoms with Crippen LogP contribution in [0.15, 0.2) is 33.9 Å². The minimum absolute atomic E-state index is 0.153. The van der Waals surface area contributed by atoms with Gasteiger partial charge in [-0.2, -0.15) is 0 Å². The molecule has 0 radical (unpaired) electrons. The number of likely N-dealkylation sites (tertiary alicyclic amines) is 1. The lowest BCUT2D eigenvalue weighted by Crippen LogP contribution is -2.40. The Morgan fingerprint density at radius 2 is 2.22 bits per heavy atom. The van der Waals surface area contributed by atoms with Gasteiger partial charge in [0.2, 0.25) is 11.8 Å². The van der Waals surface area contributed by atoms with Gasteiger partial charge in [0.15, 0.2) is 0 Å². The van der Waals surface area contributed by atoms with Crippen molar-refractivity contribution in [3.8, 4) is 0 Å².